The van der Waals surface area contributed by atoms with Gasteiger partial charge in [-0.25, -0.2) is 14.2 Å². The molecule has 0 saturated carbocycles. The summed E-state index contributed by atoms with van der Waals surface area (Å²) in [5.74, 6) is -0.755. The Hall–Kier alpha value is -3.14. The molecule has 25 heavy (non-hydrogen) atoms. The van der Waals surface area contributed by atoms with Crippen molar-refractivity contribution in [2.24, 2.45) is 0 Å². The van der Waals surface area contributed by atoms with Crippen molar-refractivity contribution < 1.29 is 30.6 Å². The largest absolute Gasteiger partial charge is 0.453 e. The fraction of sp³-hybridized carbons (Fsp3) is 0.0667. The number of carbonyl (C=O) groups excluding carboxylic acids is 1. The van der Waals surface area contributed by atoms with Gasteiger partial charge >= 0.3 is 16.2 Å². The maximum absolute atomic E-state index is 12.9. The third-order valence-electron chi connectivity index (χ3n) is 3.07. The number of halogens is 1. The second kappa shape index (κ2) is 6.40. The number of hydrogen-bond acceptors (Lipinski definition) is 6. The van der Waals surface area contributed by atoms with Crippen LogP contribution in [0, 0.1) is 5.82 Å². The number of nitrogens with one attached hydrogen (secondary N) is 2. The lowest BCUT2D eigenvalue weighted by atomic mass is 10.3. The van der Waals surface area contributed by atoms with Crippen molar-refractivity contribution in [1.82, 2.24) is 9.97 Å². The number of nitrogens with zero attached hydrogens (tertiary/aromatic N) is 1. The molecule has 0 aliphatic rings. The number of imidazole rings is 1. The molecular formula is C15H12FN3O5S. The van der Waals surface area contributed by atoms with E-state index in [0.717, 1.165) is 24.3 Å². The van der Waals surface area contributed by atoms with Gasteiger partial charge in [-0.3, -0.25) is 5.32 Å². The van der Waals surface area contributed by atoms with Crippen LogP contribution in [0.5, 0.6) is 5.75 Å². The minimum Gasteiger partial charge on any atom is -0.453 e. The summed E-state index contributed by atoms with van der Waals surface area (Å²) in [6, 6.07) is 8.17. The highest BCUT2D eigenvalue weighted by Crippen LogP contribution is 2.24. The maximum Gasteiger partial charge on any atom is 0.413 e. The number of aromatic amines is 1. The second-order valence-corrected chi connectivity index (χ2v) is 6.32. The average molecular weight is 368 g/mol. The first-order chi connectivity index (χ1) is 13.0. The summed E-state index contributed by atoms with van der Waals surface area (Å²) in [6.45, 7) is 0. The molecule has 8 nitrogen and oxygen atoms in total. The zero-order valence-corrected chi connectivity index (χ0v) is 13.1. The van der Waals surface area contributed by atoms with Crippen molar-refractivity contribution in [3.05, 3.63) is 48.3 Å². The molecule has 0 unspecified atom stereocenters. The van der Waals surface area contributed by atoms with Crippen molar-refractivity contribution in [2.45, 2.75) is 4.90 Å². The monoisotopic (exact) mass is 368 g/mol. The molecule has 3 rings (SSSR count). The molecule has 0 radical (unpaired) electrons. The smallest absolute Gasteiger partial charge is 0.413 e. The van der Waals surface area contributed by atoms with Gasteiger partial charge in [-0.15, -0.1) is 0 Å². The fourth-order valence-corrected chi connectivity index (χ4v) is 2.92. The topological polar surface area (TPSA) is 110 Å². The molecule has 1 heterocycles. The zero-order valence-electron chi connectivity index (χ0n) is 15.3. The lowest BCUT2D eigenvalue weighted by Gasteiger charge is -2.06. The number of aromatic nitrogens is 2. The van der Waals surface area contributed by atoms with Gasteiger partial charge < -0.3 is 13.9 Å². The molecule has 0 aliphatic heterocycles. The van der Waals surface area contributed by atoms with E-state index in [1.54, 1.807) is 0 Å². The summed E-state index contributed by atoms with van der Waals surface area (Å²) in [4.78, 5) is 17.9. The Labute approximate surface area is 145 Å². The van der Waals surface area contributed by atoms with Crippen LogP contribution in [0.3, 0.4) is 0 Å². The molecule has 2 N–H and O–H groups in total. The first-order valence-corrected chi connectivity index (χ1v) is 8.12. The quantitative estimate of drug-likeness (QED) is 0.685. The molecule has 1 aromatic heterocycles. The van der Waals surface area contributed by atoms with Crippen molar-refractivity contribution in [3.8, 4) is 5.75 Å². The fourth-order valence-electron chi connectivity index (χ4n) is 2.00. The number of ether oxygens (including phenoxy) is 1. The van der Waals surface area contributed by atoms with Gasteiger partial charge in [0.25, 0.3) is 0 Å². The number of H-pyrrole nitrogens is 1. The number of anilines is 1. The van der Waals surface area contributed by atoms with Crippen LogP contribution in [-0.2, 0) is 14.9 Å². The summed E-state index contributed by atoms with van der Waals surface area (Å²) in [5, 5.41) is 2.10. The maximum atomic E-state index is 12.9. The molecule has 0 fully saturated rings. The molecule has 10 heteroatoms. The van der Waals surface area contributed by atoms with Gasteiger partial charge in [0.15, 0.2) is 0 Å². The molecule has 1 amide bonds. The Morgan fingerprint density at radius 1 is 1.28 bits per heavy atom. The first-order valence-electron chi connectivity index (χ1n) is 8.22. The number of rotatable bonds is 4. The predicted molar refractivity (Wildman–Crippen MR) is 86.3 cm³/mol. The van der Waals surface area contributed by atoms with Crippen LogP contribution in [0.25, 0.3) is 11.0 Å². The highest BCUT2D eigenvalue weighted by Gasteiger charge is 2.17. The highest BCUT2D eigenvalue weighted by atomic mass is 32.2. The minimum absolute atomic E-state index is 0.0582. The molecule has 0 spiro atoms. The van der Waals surface area contributed by atoms with Crippen LogP contribution in [0.1, 0.15) is 4.11 Å². The zero-order chi connectivity index (χ0) is 20.5. The van der Waals surface area contributed by atoms with E-state index in [1.807, 2.05) is 0 Å². The Morgan fingerprint density at radius 2 is 2.04 bits per heavy atom. The second-order valence-electron chi connectivity index (χ2n) is 4.77. The van der Waals surface area contributed by atoms with Gasteiger partial charge in [0.05, 0.1) is 22.2 Å². The SMILES string of the molecule is [2H]C([2H])([2H])OC(=O)Nc1nc2ccc(OS(=O)(=O)c3ccc(F)cc3)cc2[nH]1. The van der Waals surface area contributed by atoms with E-state index in [2.05, 4.69) is 20.0 Å². The Morgan fingerprint density at radius 3 is 2.76 bits per heavy atom. The summed E-state index contributed by atoms with van der Waals surface area (Å²) < 4.78 is 67.1. The van der Waals surface area contributed by atoms with Gasteiger partial charge in [-0.05, 0) is 36.4 Å². The van der Waals surface area contributed by atoms with E-state index < -0.39 is 29.1 Å². The normalized spacial score (nSPS) is 13.6. The van der Waals surface area contributed by atoms with E-state index in [0.29, 0.717) is 11.0 Å². The van der Waals surface area contributed by atoms with E-state index in [4.69, 9.17) is 8.30 Å². The number of benzene rings is 2. The summed E-state index contributed by atoms with van der Waals surface area (Å²) >= 11 is 0. The molecule has 130 valence electrons. The molecule has 0 bridgehead atoms. The number of methoxy groups -OCH3 is 1. The van der Waals surface area contributed by atoms with Gasteiger partial charge in [0, 0.05) is 6.07 Å². The van der Waals surface area contributed by atoms with Crippen LogP contribution in [-0.4, -0.2) is 31.5 Å². The van der Waals surface area contributed by atoms with Crippen LogP contribution >= 0.6 is 0 Å². The molecule has 0 aliphatic carbocycles. The van der Waals surface area contributed by atoms with Gasteiger partial charge in [0.1, 0.15) is 16.5 Å². The lowest BCUT2D eigenvalue weighted by molar-refractivity contribution is 0.186. The van der Waals surface area contributed by atoms with Crippen molar-refractivity contribution in [3.63, 3.8) is 0 Å². The molecule has 0 atom stereocenters. The van der Waals surface area contributed by atoms with Crippen LogP contribution < -0.4 is 9.50 Å². The Kier molecular flexibility index (Phi) is 3.37. The van der Waals surface area contributed by atoms with Crippen molar-refractivity contribution in [1.29, 1.82) is 0 Å². The molecular weight excluding hydrogens is 353 g/mol. The lowest BCUT2D eigenvalue weighted by Crippen LogP contribution is -2.11. The summed E-state index contributed by atoms with van der Waals surface area (Å²) in [5.41, 5.74) is 0.645. The third kappa shape index (κ3) is 3.69. The van der Waals surface area contributed by atoms with Gasteiger partial charge in [-0.2, -0.15) is 8.42 Å². The number of fused-ring (bicyclic) bond motifs is 1. The van der Waals surface area contributed by atoms with E-state index in [1.165, 1.54) is 18.2 Å². The van der Waals surface area contributed by atoms with E-state index in [9.17, 15) is 17.6 Å². The standard InChI is InChI=1S/C15H12FN3O5S/c1-23-15(20)19-14-17-12-7-4-10(8-13(12)18-14)24-25(21,22)11-5-2-9(16)3-6-11/h2-8H,1H3,(H2,17,18,19,20)/i1D3. The van der Waals surface area contributed by atoms with Gasteiger partial charge in [0.2, 0.25) is 5.95 Å². The number of amides is 1. The van der Waals surface area contributed by atoms with Crippen LogP contribution in [0.4, 0.5) is 15.1 Å². The number of carbonyl (C=O) groups is 1. The van der Waals surface area contributed by atoms with Crippen molar-refractivity contribution >= 4 is 33.2 Å². The van der Waals surface area contributed by atoms with Crippen LogP contribution in [0.15, 0.2) is 47.4 Å². The summed E-state index contributed by atoms with van der Waals surface area (Å²) in [7, 11) is -7.10. The minimum atomic E-state index is -4.18. The summed E-state index contributed by atoms with van der Waals surface area (Å²) in [6.07, 6.45) is -1.24. The van der Waals surface area contributed by atoms with Gasteiger partial charge in [-0.1, -0.05) is 0 Å². The molecule has 2 aromatic carbocycles. The Bertz CT molecular complexity index is 1130. The first kappa shape index (κ1) is 13.2. The average Bonchev–Trinajstić information content (AvgIpc) is 2.94. The predicted octanol–water partition coefficient (Wildman–Crippen LogP) is 2.65. The number of hydrogen-bond donors (Lipinski definition) is 2. The molecule has 3 aromatic rings. The van der Waals surface area contributed by atoms with E-state index >= 15 is 0 Å². The third-order valence-corrected chi connectivity index (χ3v) is 4.34. The van der Waals surface area contributed by atoms with E-state index in [-0.39, 0.29) is 16.6 Å². The molecule has 0 saturated heterocycles. The van der Waals surface area contributed by atoms with Crippen molar-refractivity contribution in [2.75, 3.05) is 12.4 Å². The Balaban J connectivity index is 1.79. The highest BCUT2D eigenvalue weighted by molar-refractivity contribution is 7.87. The van der Waals surface area contributed by atoms with Crippen LogP contribution in [0.2, 0.25) is 0 Å².